The van der Waals surface area contributed by atoms with Gasteiger partial charge in [-0.2, -0.15) is 10.1 Å². The van der Waals surface area contributed by atoms with E-state index >= 15 is 0 Å². The number of hydrogen-bond acceptors (Lipinski definition) is 5. The lowest BCUT2D eigenvalue weighted by Gasteiger charge is -2.26. The molecule has 96 valence electrons. The van der Waals surface area contributed by atoms with Crippen LogP contribution in [0, 0.1) is 0 Å². The van der Waals surface area contributed by atoms with E-state index in [1.54, 1.807) is 19.1 Å². The van der Waals surface area contributed by atoms with Gasteiger partial charge < -0.3 is 4.74 Å². The molecule has 1 aliphatic rings. The summed E-state index contributed by atoms with van der Waals surface area (Å²) in [4.78, 5) is 27.1. The minimum atomic E-state index is -0.641. The largest absolute Gasteiger partial charge is 0.448 e. The molecule has 1 N–H and O–H groups in total. The summed E-state index contributed by atoms with van der Waals surface area (Å²) < 4.78 is 4.85. The van der Waals surface area contributed by atoms with Gasteiger partial charge in [-0.3, -0.25) is 4.79 Å². The van der Waals surface area contributed by atoms with Crippen molar-refractivity contribution in [2.45, 2.75) is 6.92 Å². The van der Waals surface area contributed by atoms with Gasteiger partial charge in [0.2, 0.25) is 0 Å². The number of ether oxygens (including phenoxy) is 1. The van der Waals surface area contributed by atoms with Crippen molar-refractivity contribution in [3.05, 3.63) is 23.4 Å². The highest BCUT2D eigenvalue weighted by Crippen LogP contribution is 2.24. The predicted molar refractivity (Wildman–Crippen MR) is 63.6 cm³/mol. The second kappa shape index (κ2) is 5.09. The molecule has 1 saturated heterocycles. The standard InChI is InChI=1S/C10H11ClN4O3/c1-2-18-10(17)14-6-8(16)13-15(14)9-7(11)4-3-5-12-9/h3-5H,2,6H2,1H3,(H,13,16). The number of nitrogens with zero attached hydrogens (tertiary/aromatic N) is 3. The van der Waals surface area contributed by atoms with Crippen LogP contribution in [0.1, 0.15) is 6.92 Å². The molecule has 2 amide bonds. The number of carbonyl (C=O) groups is 2. The summed E-state index contributed by atoms with van der Waals surface area (Å²) in [6.45, 7) is 1.76. The third-order valence-electron chi connectivity index (χ3n) is 2.18. The van der Waals surface area contributed by atoms with Gasteiger partial charge in [0, 0.05) is 6.20 Å². The molecule has 0 bridgehead atoms. The number of aromatic nitrogens is 1. The van der Waals surface area contributed by atoms with Crippen LogP contribution in [0.2, 0.25) is 5.02 Å². The molecule has 1 fully saturated rings. The van der Waals surface area contributed by atoms with E-state index in [1.807, 2.05) is 0 Å². The highest BCUT2D eigenvalue weighted by Gasteiger charge is 2.35. The van der Waals surface area contributed by atoms with Gasteiger partial charge in [0.15, 0.2) is 5.82 Å². The Kier molecular flexibility index (Phi) is 3.52. The fraction of sp³-hybridized carbons (Fsp3) is 0.300. The number of nitrogens with one attached hydrogen (secondary N) is 1. The number of carbonyl (C=O) groups excluding carboxylic acids is 2. The summed E-state index contributed by atoms with van der Waals surface area (Å²) in [5.74, 6) is -0.0807. The van der Waals surface area contributed by atoms with Crippen LogP contribution in [0.25, 0.3) is 0 Å². The van der Waals surface area contributed by atoms with E-state index in [0.717, 1.165) is 5.01 Å². The Morgan fingerprint density at radius 3 is 3.11 bits per heavy atom. The third kappa shape index (κ3) is 2.30. The smallest absolute Gasteiger partial charge is 0.430 e. The molecule has 0 spiro atoms. The highest BCUT2D eigenvalue weighted by molar-refractivity contribution is 6.33. The average molecular weight is 271 g/mol. The van der Waals surface area contributed by atoms with Crippen molar-refractivity contribution < 1.29 is 14.3 Å². The van der Waals surface area contributed by atoms with Gasteiger partial charge >= 0.3 is 6.09 Å². The summed E-state index contributed by atoms with van der Waals surface area (Å²) in [7, 11) is 0. The molecule has 7 nitrogen and oxygen atoms in total. The Bertz CT molecular complexity index is 482. The number of hydrogen-bond donors (Lipinski definition) is 1. The molecule has 18 heavy (non-hydrogen) atoms. The summed E-state index contributed by atoms with van der Waals surface area (Å²) in [5, 5.41) is 2.59. The van der Waals surface area contributed by atoms with E-state index in [-0.39, 0.29) is 24.9 Å². The molecule has 1 aliphatic heterocycles. The van der Waals surface area contributed by atoms with Crippen molar-refractivity contribution in [1.29, 1.82) is 0 Å². The van der Waals surface area contributed by atoms with Crippen molar-refractivity contribution in [1.82, 2.24) is 15.4 Å². The Morgan fingerprint density at radius 2 is 2.44 bits per heavy atom. The monoisotopic (exact) mass is 270 g/mol. The van der Waals surface area contributed by atoms with Gasteiger partial charge in [-0.25, -0.2) is 15.2 Å². The van der Waals surface area contributed by atoms with Crippen molar-refractivity contribution in [3.8, 4) is 0 Å². The van der Waals surface area contributed by atoms with Crippen LogP contribution in [-0.2, 0) is 9.53 Å². The van der Waals surface area contributed by atoms with Gasteiger partial charge in [0.1, 0.15) is 6.54 Å². The van der Waals surface area contributed by atoms with E-state index in [2.05, 4.69) is 10.4 Å². The van der Waals surface area contributed by atoms with Gasteiger partial charge in [-0.05, 0) is 19.1 Å². The van der Waals surface area contributed by atoms with Gasteiger partial charge in [0.05, 0.1) is 11.6 Å². The molecule has 8 heteroatoms. The molecule has 1 aromatic rings. The number of anilines is 1. The molecular formula is C10H11ClN4O3. The first-order valence-corrected chi connectivity index (χ1v) is 5.65. The Morgan fingerprint density at radius 1 is 1.67 bits per heavy atom. The number of rotatable bonds is 2. The number of pyridine rings is 1. The molecule has 2 heterocycles. The highest BCUT2D eigenvalue weighted by atomic mass is 35.5. The van der Waals surface area contributed by atoms with Crippen LogP contribution >= 0.6 is 11.6 Å². The van der Waals surface area contributed by atoms with E-state index in [1.165, 1.54) is 11.3 Å². The maximum absolute atomic E-state index is 11.7. The van der Waals surface area contributed by atoms with Gasteiger partial charge in [-0.15, -0.1) is 0 Å². The molecule has 0 aromatic carbocycles. The topological polar surface area (TPSA) is 74.8 Å². The van der Waals surface area contributed by atoms with Crippen molar-refractivity contribution in [2.75, 3.05) is 18.3 Å². The Hall–Kier alpha value is -2.02. The van der Waals surface area contributed by atoms with E-state index < -0.39 is 6.09 Å². The minimum Gasteiger partial charge on any atom is -0.448 e. The summed E-state index contributed by atoms with van der Waals surface area (Å²) >= 11 is 5.96. The molecule has 0 aliphatic carbocycles. The van der Waals surface area contributed by atoms with Gasteiger partial charge in [0.25, 0.3) is 5.91 Å². The van der Waals surface area contributed by atoms with Crippen molar-refractivity contribution in [3.63, 3.8) is 0 Å². The zero-order valence-corrected chi connectivity index (χ0v) is 10.3. The first-order chi connectivity index (χ1) is 8.63. The van der Waals surface area contributed by atoms with E-state index in [4.69, 9.17) is 16.3 Å². The molecule has 0 radical (unpaired) electrons. The van der Waals surface area contributed by atoms with E-state index in [0.29, 0.717) is 5.02 Å². The minimum absolute atomic E-state index is 0.133. The van der Waals surface area contributed by atoms with Gasteiger partial charge in [-0.1, -0.05) is 11.6 Å². The van der Waals surface area contributed by atoms with Crippen LogP contribution in [0.3, 0.4) is 0 Å². The van der Waals surface area contributed by atoms with Crippen LogP contribution < -0.4 is 10.5 Å². The first kappa shape index (κ1) is 12.4. The quantitative estimate of drug-likeness (QED) is 0.866. The van der Waals surface area contributed by atoms with Crippen LogP contribution in [0.5, 0.6) is 0 Å². The molecular weight excluding hydrogens is 260 g/mol. The summed E-state index contributed by atoms with van der Waals surface area (Å²) in [6, 6.07) is 3.26. The zero-order chi connectivity index (χ0) is 13.1. The maximum Gasteiger partial charge on any atom is 0.430 e. The molecule has 0 saturated carbocycles. The van der Waals surface area contributed by atoms with Crippen LogP contribution in [0.4, 0.5) is 10.6 Å². The number of hydrazine groups is 2. The lowest BCUT2D eigenvalue weighted by molar-refractivity contribution is -0.118. The fourth-order valence-corrected chi connectivity index (χ4v) is 1.67. The average Bonchev–Trinajstić information content (AvgIpc) is 2.72. The molecule has 2 rings (SSSR count). The zero-order valence-electron chi connectivity index (χ0n) is 9.59. The van der Waals surface area contributed by atoms with Crippen LogP contribution in [-0.4, -0.2) is 35.1 Å². The number of halogens is 1. The second-order valence-electron chi connectivity index (χ2n) is 3.41. The predicted octanol–water partition coefficient (Wildman–Crippen LogP) is 0.960. The third-order valence-corrected chi connectivity index (χ3v) is 2.48. The summed E-state index contributed by atoms with van der Waals surface area (Å²) in [5.41, 5.74) is 2.47. The van der Waals surface area contributed by atoms with Crippen LogP contribution in [0.15, 0.2) is 18.3 Å². The molecule has 1 aromatic heterocycles. The normalized spacial score (nSPS) is 14.7. The second-order valence-corrected chi connectivity index (χ2v) is 3.82. The Balaban J connectivity index is 2.28. The lowest BCUT2D eigenvalue weighted by Crippen LogP contribution is -2.46. The van der Waals surface area contributed by atoms with E-state index in [9.17, 15) is 9.59 Å². The maximum atomic E-state index is 11.7. The van der Waals surface area contributed by atoms with Crippen molar-refractivity contribution in [2.24, 2.45) is 0 Å². The molecule has 0 atom stereocenters. The molecule has 0 unspecified atom stereocenters. The van der Waals surface area contributed by atoms with Crippen molar-refractivity contribution >= 4 is 29.4 Å². The fourth-order valence-electron chi connectivity index (χ4n) is 1.47. The summed E-state index contributed by atoms with van der Waals surface area (Å²) in [6.07, 6.45) is 0.868. The number of amides is 2. The lowest BCUT2D eigenvalue weighted by atomic mass is 10.5. The SMILES string of the molecule is CCOC(=O)N1CC(=O)NN1c1ncccc1Cl. The first-order valence-electron chi connectivity index (χ1n) is 5.27. The Labute approximate surface area is 108 Å².